The van der Waals surface area contributed by atoms with Crippen LogP contribution in [0.15, 0.2) is 18.2 Å². The van der Waals surface area contributed by atoms with Crippen molar-refractivity contribution < 1.29 is 9.31 Å². The highest BCUT2D eigenvalue weighted by atomic mass is 19.1. The summed E-state index contributed by atoms with van der Waals surface area (Å²) < 4.78 is 13.2. The standard InChI is InChI=1S/C13H18FN3O2/c1-2-16(11-4-3-7-15-9-11)12-6-5-10(14)8-13(12)17(18)19/h5-6,8,11,15H,2-4,7,9H2,1H3. The van der Waals surface area contributed by atoms with Crippen LogP contribution in [0.5, 0.6) is 0 Å². The molecule has 0 aliphatic carbocycles. The fraction of sp³-hybridized carbons (Fsp3) is 0.538. The predicted octanol–water partition coefficient (Wildman–Crippen LogP) is 2.31. The molecule has 5 nitrogen and oxygen atoms in total. The number of halogens is 1. The average Bonchev–Trinajstić information content (AvgIpc) is 2.42. The topological polar surface area (TPSA) is 58.4 Å². The zero-order chi connectivity index (χ0) is 13.8. The Labute approximate surface area is 111 Å². The molecule has 0 radical (unpaired) electrons. The third kappa shape index (κ3) is 3.01. The van der Waals surface area contributed by atoms with Gasteiger partial charge in [-0.1, -0.05) is 0 Å². The van der Waals surface area contributed by atoms with E-state index >= 15 is 0 Å². The van der Waals surface area contributed by atoms with Gasteiger partial charge in [-0.2, -0.15) is 0 Å². The van der Waals surface area contributed by atoms with Crippen molar-refractivity contribution in [1.29, 1.82) is 0 Å². The first-order valence-electron chi connectivity index (χ1n) is 6.54. The number of nitro benzene ring substituents is 1. The number of anilines is 1. The molecule has 1 aliphatic heterocycles. The molecular formula is C13H18FN3O2. The number of benzene rings is 1. The molecule has 1 aliphatic rings. The van der Waals surface area contributed by atoms with Gasteiger partial charge < -0.3 is 10.2 Å². The predicted molar refractivity (Wildman–Crippen MR) is 72.0 cm³/mol. The molecule has 2 rings (SSSR count). The second-order valence-corrected chi connectivity index (χ2v) is 4.68. The summed E-state index contributed by atoms with van der Waals surface area (Å²) in [6.07, 6.45) is 2.05. The monoisotopic (exact) mass is 267 g/mol. The average molecular weight is 267 g/mol. The van der Waals surface area contributed by atoms with Crippen molar-refractivity contribution >= 4 is 11.4 Å². The zero-order valence-electron chi connectivity index (χ0n) is 10.9. The Morgan fingerprint density at radius 1 is 1.58 bits per heavy atom. The summed E-state index contributed by atoms with van der Waals surface area (Å²) in [7, 11) is 0. The molecule has 1 N–H and O–H groups in total. The van der Waals surface area contributed by atoms with E-state index in [0.29, 0.717) is 12.2 Å². The second kappa shape index (κ2) is 5.97. The van der Waals surface area contributed by atoms with Crippen molar-refractivity contribution in [2.45, 2.75) is 25.8 Å². The van der Waals surface area contributed by atoms with Crippen LogP contribution in [0.1, 0.15) is 19.8 Å². The van der Waals surface area contributed by atoms with Gasteiger partial charge in [-0.05, 0) is 38.4 Å². The molecule has 104 valence electrons. The highest BCUT2D eigenvalue weighted by Gasteiger charge is 2.26. The summed E-state index contributed by atoms with van der Waals surface area (Å²) in [6, 6.07) is 4.00. The van der Waals surface area contributed by atoms with Crippen molar-refractivity contribution in [3.8, 4) is 0 Å². The lowest BCUT2D eigenvalue weighted by molar-refractivity contribution is -0.384. The molecule has 0 spiro atoms. The van der Waals surface area contributed by atoms with Gasteiger partial charge in [0.2, 0.25) is 0 Å². The molecule has 19 heavy (non-hydrogen) atoms. The van der Waals surface area contributed by atoms with Gasteiger partial charge in [0.25, 0.3) is 5.69 Å². The van der Waals surface area contributed by atoms with E-state index in [9.17, 15) is 14.5 Å². The van der Waals surface area contributed by atoms with E-state index in [2.05, 4.69) is 5.32 Å². The van der Waals surface area contributed by atoms with Crippen LogP contribution in [0, 0.1) is 15.9 Å². The lowest BCUT2D eigenvalue weighted by Gasteiger charge is -2.35. The Balaban J connectivity index is 2.34. The van der Waals surface area contributed by atoms with Gasteiger partial charge in [0.1, 0.15) is 11.5 Å². The molecule has 1 aromatic carbocycles. The van der Waals surface area contributed by atoms with E-state index in [1.54, 1.807) is 0 Å². The molecule has 0 bridgehead atoms. The molecule has 1 atom stereocenters. The molecular weight excluding hydrogens is 249 g/mol. The quantitative estimate of drug-likeness (QED) is 0.672. The smallest absolute Gasteiger partial charge is 0.295 e. The Morgan fingerprint density at radius 3 is 2.95 bits per heavy atom. The number of nitrogens with zero attached hydrogens (tertiary/aromatic N) is 2. The van der Waals surface area contributed by atoms with Crippen LogP contribution in [0.4, 0.5) is 15.8 Å². The van der Waals surface area contributed by atoms with E-state index in [0.717, 1.165) is 32.0 Å². The normalized spacial score (nSPS) is 19.2. The van der Waals surface area contributed by atoms with E-state index in [-0.39, 0.29) is 11.7 Å². The summed E-state index contributed by atoms with van der Waals surface area (Å²) in [5.41, 5.74) is 0.343. The fourth-order valence-corrected chi connectivity index (χ4v) is 2.61. The van der Waals surface area contributed by atoms with Crippen LogP contribution in [-0.2, 0) is 0 Å². The minimum absolute atomic E-state index is 0.160. The lowest BCUT2D eigenvalue weighted by atomic mass is 10.0. The molecule has 1 aromatic rings. The maximum Gasteiger partial charge on any atom is 0.295 e. The maximum atomic E-state index is 13.2. The number of nitro groups is 1. The molecule has 0 aromatic heterocycles. The van der Waals surface area contributed by atoms with E-state index in [4.69, 9.17) is 0 Å². The van der Waals surface area contributed by atoms with Gasteiger partial charge >= 0.3 is 0 Å². The van der Waals surface area contributed by atoms with E-state index in [1.165, 1.54) is 12.1 Å². The maximum absolute atomic E-state index is 13.2. The van der Waals surface area contributed by atoms with Crippen molar-refractivity contribution in [3.63, 3.8) is 0 Å². The second-order valence-electron chi connectivity index (χ2n) is 4.68. The van der Waals surface area contributed by atoms with Crippen LogP contribution in [-0.4, -0.2) is 30.6 Å². The van der Waals surface area contributed by atoms with Crippen LogP contribution in [0.2, 0.25) is 0 Å². The van der Waals surface area contributed by atoms with E-state index < -0.39 is 10.7 Å². The third-order valence-electron chi connectivity index (χ3n) is 3.50. The van der Waals surface area contributed by atoms with Crippen LogP contribution in [0.25, 0.3) is 0 Å². The first kappa shape index (κ1) is 13.7. The van der Waals surface area contributed by atoms with E-state index in [1.807, 2.05) is 11.8 Å². The first-order valence-corrected chi connectivity index (χ1v) is 6.54. The van der Waals surface area contributed by atoms with Crippen molar-refractivity contribution in [1.82, 2.24) is 5.32 Å². The summed E-state index contributed by atoms with van der Waals surface area (Å²) in [5.74, 6) is -0.576. The van der Waals surface area contributed by atoms with Gasteiger partial charge in [0, 0.05) is 19.1 Å². The Bertz CT molecular complexity index is 461. The van der Waals surface area contributed by atoms with Crippen LogP contribution >= 0.6 is 0 Å². The van der Waals surface area contributed by atoms with Crippen molar-refractivity contribution in [2.75, 3.05) is 24.5 Å². The molecule has 1 heterocycles. The largest absolute Gasteiger partial charge is 0.362 e. The minimum atomic E-state index is -0.576. The molecule has 0 amide bonds. The Hall–Kier alpha value is -1.69. The SMILES string of the molecule is CCN(c1ccc(F)cc1[N+](=O)[O-])C1CCCNC1. The highest BCUT2D eigenvalue weighted by Crippen LogP contribution is 2.31. The summed E-state index contributed by atoms with van der Waals surface area (Å²) in [5, 5.41) is 14.4. The number of hydrogen-bond donors (Lipinski definition) is 1. The van der Waals surface area contributed by atoms with Crippen LogP contribution < -0.4 is 10.2 Å². The van der Waals surface area contributed by atoms with Gasteiger partial charge in [0.05, 0.1) is 11.0 Å². The number of hydrogen-bond acceptors (Lipinski definition) is 4. The summed E-state index contributed by atoms with van der Waals surface area (Å²) in [4.78, 5) is 12.5. The molecule has 1 saturated heterocycles. The zero-order valence-corrected chi connectivity index (χ0v) is 10.9. The Morgan fingerprint density at radius 2 is 2.37 bits per heavy atom. The third-order valence-corrected chi connectivity index (χ3v) is 3.50. The fourth-order valence-electron chi connectivity index (χ4n) is 2.61. The van der Waals surface area contributed by atoms with Gasteiger partial charge in [-0.25, -0.2) is 4.39 Å². The number of piperidine rings is 1. The van der Waals surface area contributed by atoms with Gasteiger partial charge in [-0.15, -0.1) is 0 Å². The number of likely N-dealkylation sites (N-methyl/N-ethyl adjacent to an activating group) is 1. The first-order chi connectivity index (χ1) is 9.13. The molecule has 1 fully saturated rings. The van der Waals surface area contributed by atoms with Crippen molar-refractivity contribution in [3.05, 3.63) is 34.1 Å². The number of nitrogens with one attached hydrogen (secondary N) is 1. The highest BCUT2D eigenvalue weighted by molar-refractivity contribution is 5.63. The minimum Gasteiger partial charge on any atom is -0.362 e. The summed E-state index contributed by atoms with van der Waals surface area (Å²) in [6.45, 7) is 4.42. The van der Waals surface area contributed by atoms with Crippen LogP contribution in [0.3, 0.4) is 0 Å². The molecule has 1 unspecified atom stereocenters. The lowest BCUT2D eigenvalue weighted by Crippen LogP contribution is -2.46. The molecule has 6 heteroatoms. The number of rotatable bonds is 4. The Kier molecular flexibility index (Phi) is 4.31. The van der Waals surface area contributed by atoms with Gasteiger partial charge in [-0.3, -0.25) is 10.1 Å². The van der Waals surface area contributed by atoms with Crippen molar-refractivity contribution in [2.24, 2.45) is 0 Å². The summed E-state index contributed by atoms with van der Waals surface area (Å²) >= 11 is 0. The van der Waals surface area contributed by atoms with Gasteiger partial charge in [0.15, 0.2) is 0 Å². The molecule has 0 saturated carbocycles.